The van der Waals surface area contributed by atoms with E-state index in [-0.39, 0.29) is 24.9 Å². The molecule has 2 aromatic carbocycles. The van der Waals surface area contributed by atoms with Gasteiger partial charge < -0.3 is 20.1 Å². The van der Waals surface area contributed by atoms with Crippen LogP contribution >= 0.6 is 11.6 Å². The van der Waals surface area contributed by atoms with E-state index in [2.05, 4.69) is 20.9 Å². The molecule has 2 N–H and O–H groups in total. The lowest BCUT2D eigenvalue weighted by Crippen LogP contribution is -2.28. The Bertz CT molecular complexity index is 1110. The maximum absolute atomic E-state index is 12.5. The molecule has 0 saturated heterocycles. The highest BCUT2D eigenvalue weighted by Crippen LogP contribution is 2.32. The van der Waals surface area contributed by atoms with Crippen LogP contribution in [0.15, 0.2) is 42.5 Å². The highest BCUT2D eigenvalue weighted by atomic mass is 35.5. The summed E-state index contributed by atoms with van der Waals surface area (Å²) in [6, 6.07) is 12.4. The van der Waals surface area contributed by atoms with Crippen LogP contribution in [0.3, 0.4) is 0 Å². The van der Waals surface area contributed by atoms with E-state index in [0.717, 1.165) is 5.56 Å². The summed E-state index contributed by atoms with van der Waals surface area (Å²) in [5, 5.41) is 13.7. The van der Waals surface area contributed by atoms with Gasteiger partial charge in [0.1, 0.15) is 6.54 Å². The summed E-state index contributed by atoms with van der Waals surface area (Å²) in [6.07, 6.45) is 0. The molecular weight excluding hydrogens is 410 g/mol. The molecule has 0 radical (unpaired) electrons. The number of para-hydroxylation sites is 1. The number of carbonyl (C=O) groups is 2. The van der Waals surface area contributed by atoms with Crippen molar-refractivity contribution >= 4 is 29.1 Å². The number of nitrogens with zero attached hydrogens (tertiary/aromatic N) is 3. The average molecular weight is 428 g/mol. The molecule has 0 unspecified atom stereocenters. The van der Waals surface area contributed by atoms with Crippen LogP contribution in [-0.2, 0) is 17.9 Å². The summed E-state index contributed by atoms with van der Waals surface area (Å²) in [4.78, 5) is 24.8. The molecule has 0 saturated carbocycles. The second-order valence-electron chi connectivity index (χ2n) is 6.58. The third kappa shape index (κ3) is 4.20. The summed E-state index contributed by atoms with van der Waals surface area (Å²) in [6.45, 7) is 2.13. The fourth-order valence-corrected chi connectivity index (χ4v) is 3.09. The van der Waals surface area contributed by atoms with Gasteiger partial charge in [0, 0.05) is 6.54 Å². The molecule has 9 nitrogen and oxygen atoms in total. The number of hydrogen-bond donors (Lipinski definition) is 2. The number of amides is 2. The third-order valence-corrected chi connectivity index (χ3v) is 4.87. The zero-order chi connectivity index (χ0) is 21.1. The molecule has 3 aromatic rings. The van der Waals surface area contributed by atoms with Crippen molar-refractivity contribution in [2.75, 3.05) is 12.1 Å². The molecule has 10 heteroatoms. The van der Waals surface area contributed by atoms with Gasteiger partial charge in [0.25, 0.3) is 5.91 Å². The van der Waals surface area contributed by atoms with E-state index in [1.54, 1.807) is 37.3 Å². The van der Waals surface area contributed by atoms with Crippen LogP contribution in [-0.4, -0.2) is 33.6 Å². The number of carbonyl (C=O) groups excluding carboxylic acids is 2. The molecule has 1 aliphatic heterocycles. The van der Waals surface area contributed by atoms with Crippen LogP contribution in [0, 0.1) is 6.92 Å². The first-order valence-corrected chi connectivity index (χ1v) is 9.50. The Morgan fingerprint density at radius 2 is 1.97 bits per heavy atom. The molecule has 0 atom stereocenters. The van der Waals surface area contributed by atoms with Crippen LogP contribution in [0.25, 0.3) is 0 Å². The summed E-state index contributed by atoms with van der Waals surface area (Å²) in [7, 11) is 0. The molecule has 1 aliphatic rings. The van der Waals surface area contributed by atoms with Crippen molar-refractivity contribution in [1.82, 2.24) is 20.3 Å². The van der Waals surface area contributed by atoms with Gasteiger partial charge in [0.2, 0.25) is 12.7 Å². The van der Waals surface area contributed by atoms with Gasteiger partial charge in [-0.1, -0.05) is 35.0 Å². The van der Waals surface area contributed by atoms with Gasteiger partial charge in [0.15, 0.2) is 17.2 Å². The molecular formula is C20H18ClN5O4. The lowest BCUT2D eigenvalue weighted by Gasteiger charge is -2.08. The van der Waals surface area contributed by atoms with Gasteiger partial charge >= 0.3 is 0 Å². The number of halogens is 1. The normalized spacial score (nSPS) is 11.9. The molecule has 154 valence electrons. The first-order valence-electron chi connectivity index (χ1n) is 9.12. The number of fused-ring (bicyclic) bond motifs is 1. The minimum Gasteiger partial charge on any atom is -0.454 e. The third-order valence-electron chi connectivity index (χ3n) is 4.54. The van der Waals surface area contributed by atoms with E-state index in [9.17, 15) is 9.59 Å². The smallest absolute Gasteiger partial charge is 0.278 e. The first-order chi connectivity index (χ1) is 14.5. The van der Waals surface area contributed by atoms with Crippen molar-refractivity contribution in [3.8, 4) is 11.5 Å². The van der Waals surface area contributed by atoms with Crippen molar-refractivity contribution in [1.29, 1.82) is 0 Å². The number of anilines is 1. The first kappa shape index (κ1) is 19.7. The average Bonchev–Trinajstić information content (AvgIpc) is 3.34. The maximum atomic E-state index is 12.5. The van der Waals surface area contributed by atoms with E-state index < -0.39 is 5.91 Å². The summed E-state index contributed by atoms with van der Waals surface area (Å²) in [5.74, 6) is 0.625. The topological polar surface area (TPSA) is 107 Å². The Morgan fingerprint density at radius 3 is 2.80 bits per heavy atom. The highest BCUT2D eigenvalue weighted by Gasteiger charge is 2.19. The van der Waals surface area contributed by atoms with Crippen molar-refractivity contribution in [2.24, 2.45) is 0 Å². The van der Waals surface area contributed by atoms with Crippen molar-refractivity contribution in [3.63, 3.8) is 0 Å². The number of ether oxygens (including phenoxy) is 2. The standard InChI is InChI=1S/C20H18ClN5O4/c1-12-19(20(28)23-15-5-3-2-4-14(15)21)24-25-26(12)10-18(27)22-9-13-6-7-16-17(8-13)30-11-29-16/h2-8H,9-11H2,1H3,(H,22,27)(H,23,28). The number of benzene rings is 2. The van der Waals surface area contributed by atoms with Crippen molar-refractivity contribution in [3.05, 3.63) is 64.4 Å². The van der Waals surface area contributed by atoms with Gasteiger partial charge in [-0.05, 0) is 36.8 Å². The van der Waals surface area contributed by atoms with Crippen LogP contribution in [0.1, 0.15) is 21.7 Å². The highest BCUT2D eigenvalue weighted by molar-refractivity contribution is 6.33. The van der Waals surface area contributed by atoms with Crippen LogP contribution in [0.2, 0.25) is 5.02 Å². The monoisotopic (exact) mass is 427 g/mol. The molecule has 4 rings (SSSR count). The second kappa shape index (κ2) is 8.42. The Labute approximate surface area is 176 Å². The number of hydrogen-bond acceptors (Lipinski definition) is 6. The Kier molecular flexibility index (Phi) is 5.53. The van der Waals surface area contributed by atoms with Gasteiger partial charge in [-0.3, -0.25) is 9.59 Å². The Hall–Kier alpha value is -3.59. The molecule has 2 heterocycles. The largest absolute Gasteiger partial charge is 0.454 e. The van der Waals surface area contributed by atoms with Gasteiger partial charge in [-0.2, -0.15) is 0 Å². The molecule has 0 aliphatic carbocycles. The zero-order valence-electron chi connectivity index (χ0n) is 16.0. The molecule has 2 amide bonds. The maximum Gasteiger partial charge on any atom is 0.278 e. The lowest BCUT2D eigenvalue weighted by molar-refractivity contribution is -0.122. The van der Waals surface area contributed by atoms with Gasteiger partial charge in [-0.25, -0.2) is 4.68 Å². The quantitative estimate of drug-likeness (QED) is 0.626. The van der Waals surface area contributed by atoms with E-state index in [4.69, 9.17) is 21.1 Å². The molecule has 1 aromatic heterocycles. The SMILES string of the molecule is Cc1c(C(=O)Nc2ccccc2Cl)nnn1CC(=O)NCc1ccc2c(c1)OCO2. The molecule has 0 bridgehead atoms. The van der Waals surface area contributed by atoms with Gasteiger partial charge in [-0.15, -0.1) is 5.10 Å². The van der Waals surface area contributed by atoms with Crippen LogP contribution < -0.4 is 20.1 Å². The summed E-state index contributed by atoms with van der Waals surface area (Å²) < 4.78 is 12.0. The molecule has 0 fully saturated rings. The summed E-state index contributed by atoms with van der Waals surface area (Å²) >= 11 is 6.06. The van der Waals surface area contributed by atoms with E-state index in [1.807, 2.05) is 12.1 Å². The van der Waals surface area contributed by atoms with Crippen LogP contribution in [0.5, 0.6) is 11.5 Å². The Balaban J connectivity index is 1.36. The predicted molar refractivity (Wildman–Crippen MR) is 109 cm³/mol. The summed E-state index contributed by atoms with van der Waals surface area (Å²) in [5.41, 5.74) is 1.94. The number of rotatable bonds is 6. The predicted octanol–water partition coefficient (Wildman–Crippen LogP) is 2.54. The van der Waals surface area contributed by atoms with E-state index >= 15 is 0 Å². The fourth-order valence-electron chi connectivity index (χ4n) is 2.91. The van der Waals surface area contributed by atoms with Crippen molar-refractivity contribution < 1.29 is 19.1 Å². The minimum atomic E-state index is -0.451. The fraction of sp³-hybridized carbons (Fsp3) is 0.200. The zero-order valence-corrected chi connectivity index (χ0v) is 16.8. The lowest BCUT2D eigenvalue weighted by atomic mass is 10.2. The molecule has 0 spiro atoms. The van der Waals surface area contributed by atoms with E-state index in [1.165, 1.54) is 4.68 Å². The molecule has 30 heavy (non-hydrogen) atoms. The van der Waals surface area contributed by atoms with Crippen molar-refractivity contribution in [2.45, 2.75) is 20.0 Å². The minimum absolute atomic E-state index is 0.0667. The Morgan fingerprint density at radius 1 is 1.17 bits per heavy atom. The van der Waals surface area contributed by atoms with E-state index in [0.29, 0.717) is 34.4 Å². The number of aromatic nitrogens is 3. The second-order valence-corrected chi connectivity index (χ2v) is 6.99. The number of nitrogens with one attached hydrogen (secondary N) is 2. The van der Waals surface area contributed by atoms with Gasteiger partial charge in [0.05, 0.1) is 16.4 Å². The van der Waals surface area contributed by atoms with Crippen LogP contribution in [0.4, 0.5) is 5.69 Å².